The maximum Gasteiger partial charge on any atom is 0.0549 e. The summed E-state index contributed by atoms with van der Waals surface area (Å²) in [5, 5.41) is 9.95. The van der Waals surface area contributed by atoms with Crippen molar-refractivity contribution in [1.29, 1.82) is 0 Å². The summed E-state index contributed by atoms with van der Waals surface area (Å²) in [4.78, 5) is 0. The van der Waals surface area contributed by atoms with Gasteiger partial charge in [0.15, 0.2) is 0 Å². The Morgan fingerprint density at radius 2 is 0.577 bits per heavy atom. The summed E-state index contributed by atoms with van der Waals surface area (Å²) in [6.07, 6.45) is 0. The Bertz CT molecular complexity index is 2950. The molecule has 242 valence electrons. The third-order valence-corrected chi connectivity index (χ3v) is 10.9. The van der Waals surface area contributed by atoms with E-state index in [0.717, 1.165) is 0 Å². The second-order valence-corrected chi connectivity index (χ2v) is 13.7. The fourth-order valence-electron chi connectivity index (χ4n) is 8.64. The quantitative estimate of drug-likeness (QED) is 0.178. The Kier molecular flexibility index (Phi) is 6.28. The van der Waals surface area contributed by atoms with E-state index in [1.165, 1.54) is 98.8 Å². The summed E-state index contributed by atoms with van der Waals surface area (Å²) >= 11 is 0. The zero-order valence-electron chi connectivity index (χ0n) is 28.4. The Hall–Kier alpha value is -6.90. The van der Waals surface area contributed by atoms with E-state index in [-0.39, 0.29) is 0 Å². The van der Waals surface area contributed by atoms with Crippen molar-refractivity contribution in [1.82, 2.24) is 9.13 Å². The van der Waals surface area contributed by atoms with E-state index in [0.29, 0.717) is 0 Å². The summed E-state index contributed by atoms with van der Waals surface area (Å²) in [7, 11) is 0. The van der Waals surface area contributed by atoms with Crippen LogP contribution in [0.15, 0.2) is 194 Å². The smallest absolute Gasteiger partial charge is 0.0549 e. The lowest BCUT2D eigenvalue weighted by Gasteiger charge is -2.15. The van der Waals surface area contributed by atoms with Crippen LogP contribution in [0.2, 0.25) is 0 Å². The van der Waals surface area contributed by atoms with Gasteiger partial charge in [-0.25, -0.2) is 0 Å². The van der Waals surface area contributed by atoms with Crippen LogP contribution >= 0.6 is 0 Å². The number of hydrogen-bond acceptors (Lipinski definition) is 0. The van der Waals surface area contributed by atoms with Gasteiger partial charge in [0.25, 0.3) is 0 Å². The number of para-hydroxylation sites is 2. The highest BCUT2D eigenvalue weighted by Crippen LogP contribution is 2.43. The summed E-state index contributed by atoms with van der Waals surface area (Å²) in [6, 6.07) is 70.9. The van der Waals surface area contributed by atoms with Gasteiger partial charge in [-0.05, 0) is 69.4 Å². The minimum absolute atomic E-state index is 1.19. The number of hydrogen-bond donors (Lipinski definition) is 0. The summed E-state index contributed by atoms with van der Waals surface area (Å²) in [6.45, 7) is 0. The van der Waals surface area contributed by atoms with Gasteiger partial charge in [-0.1, -0.05) is 158 Å². The van der Waals surface area contributed by atoms with Crippen molar-refractivity contribution in [3.63, 3.8) is 0 Å². The maximum absolute atomic E-state index is 2.48. The molecule has 0 bridgehead atoms. The molecule has 2 heterocycles. The first-order valence-electron chi connectivity index (χ1n) is 17.9. The van der Waals surface area contributed by atoms with Gasteiger partial charge in [-0.2, -0.15) is 0 Å². The molecule has 0 saturated carbocycles. The van der Waals surface area contributed by atoms with Gasteiger partial charge in [-0.3, -0.25) is 0 Å². The van der Waals surface area contributed by atoms with E-state index in [4.69, 9.17) is 0 Å². The third kappa shape index (κ3) is 4.19. The Labute approximate surface area is 301 Å². The minimum atomic E-state index is 1.19. The highest BCUT2D eigenvalue weighted by atomic mass is 15.0. The van der Waals surface area contributed by atoms with E-state index < -0.39 is 0 Å². The van der Waals surface area contributed by atoms with Crippen LogP contribution in [0, 0.1) is 0 Å². The molecule has 0 aliphatic heterocycles. The second-order valence-electron chi connectivity index (χ2n) is 13.7. The standard InChI is InChI=1S/C50H32N2/c1-3-15-33(16-4-1)35-27-29-47(39-21-9-7-19-37(35)39)51-45-25-13-11-23-41(45)43-32-50-44(31-49(43)51)42-24-12-14-26-46(42)52(50)48-30-28-36(34-17-5-2-6-18-34)38-20-8-10-22-40(38)48/h1-32H. The van der Waals surface area contributed by atoms with Gasteiger partial charge >= 0.3 is 0 Å². The molecule has 52 heavy (non-hydrogen) atoms. The topological polar surface area (TPSA) is 9.86 Å². The predicted molar refractivity (Wildman–Crippen MR) is 221 cm³/mol. The number of fused-ring (bicyclic) bond motifs is 8. The fraction of sp³-hybridized carbons (Fsp3) is 0. The molecule has 0 atom stereocenters. The lowest BCUT2D eigenvalue weighted by atomic mass is 9.97. The van der Waals surface area contributed by atoms with Crippen molar-refractivity contribution < 1.29 is 0 Å². The molecular weight excluding hydrogens is 629 g/mol. The number of benzene rings is 9. The van der Waals surface area contributed by atoms with E-state index in [1.54, 1.807) is 0 Å². The van der Waals surface area contributed by atoms with Crippen LogP contribution in [0.3, 0.4) is 0 Å². The highest BCUT2D eigenvalue weighted by Gasteiger charge is 2.21. The van der Waals surface area contributed by atoms with Crippen LogP contribution in [-0.4, -0.2) is 9.13 Å². The first kappa shape index (κ1) is 28.9. The van der Waals surface area contributed by atoms with Crippen molar-refractivity contribution in [2.75, 3.05) is 0 Å². The van der Waals surface area contributed by atoms with E-state index in [2.05, 4.69) is 203 Å². The van der Waals surface area contributed by atoms with Crippen molar-refractivity contribution >= 4 is 65.2 Å². The van der Waals surface area contributed by atoms with Crippen LogP contribution < -0.4 is 0 Å². The molecule has 0 fully saturated rings. The molecule has 2 heteroatoms. The summed E-state index contributed by atoms with van der Waals surface area (Å²) in [5.74, 6) is 0. The molecule has 9 aromatic carbocycles. The Morgan fingerprint density at radius 1 is 0.231 bits per heavy atom. The average Bonchev–Trinajstić information content (AvgIpc) is 3.71. The van der Waals surface area contributed by atoms with Gasteiger partial charge in [0.2, 0.25) is 0 Å². The van der Waals surface area contributed by atoms with Crippen molar-refractivity contribution in [3.05, 3.63) is 194 Å². The van der Waals surface area contributed by atoms with Crippen LogP contribution in [0.5, 0.6) is 0 Å². The normalized spacial score (nSPS) is 11.8. The molecule has 0 spiro atoms. The van der Waals surface area contributed by atoms with Gasteiger partial charge < -0.3 is 9.13 Å². The lowest BCUT2D eigenvalue weighted by molar-refractivity contribution is 1.19. The monoisotopic (exact) mass is 660 g/mol. The van der Waals surface area contributed by atoms with E-state index in [9.17, 15) is 0 Å². The average molecular weight is 661 g/mol. The maximum atomic E-state index is 2.48. The minimum Gasteiger partial charge on any atom is -0.309 e. The molecule has 2 aromatic heterocycles. The second kappa shape index (κ2) is 11.3. The van der Waals surface area contributed by atoms with Gasteiger partial charge in [0.1, 0.15) is 0 Å². The van der Waals surface area contributed by atoms with Crippen molar-refractivity contribution in [3.8, 4) is 33.6 Å². The SMILES string of the molecule is c1ccc(-c2ccc(-n3c4ccccc4c4cc5c(cc43)c3ccccc3n5-c3ccc(-c4ccccc4)c4ccccc34)c3ccccc23)cc1. The van der Waals surface area contributed by atoms with E-state index in [1.807, 2.05) is 0 Å². The molecule has 0 aliphatic rings. The molecule has 0 aliphatic carbocycles. The lowest BCUT2D eigenvalue weighted by Crippen LogP contribution is -1.97. The molecule has 0 saturated heterocycles. The van der Waals surface area contributed by atoms with Crippen LogP contribution in [0.1, 0.15) is 0 Å². The molecule has 0 N–H and O–H groups in total. The molecule has 0 radical (unpaired) electrons. The molecule has 0 unspecified atom stereocenters. The largest absolute Gasteiger partial charge is 0.309 e. The fourth-order valence-corrected chi connectivity index (χ4v) is 8.64. The Balaban J connectivity index is 1.23. The molecule has 2 nitrogen and oxygen atoms in total. The predicted octanol–water partition coefficient (Wildman–Crippen LogP) is 13.5. The van der Waals surface area contributed by atoms with Crippen LogP contribution in [0.4, 0.5) is 0 Å². The third-order valence-electron chi connectivity index (χ3n) is 10.9. The number of aromatic nitrogens is 2. The summed E-state index contributed by atoms with van der Waals surface area (Å²) < 4.78 is 4.97. The van der Waals surface area contributed by atoms with Crippen molar-refractivity contribution in [2.45, 2.75) is 0 Å². The first-order chi connectivity index (χ1) is 25.8. The zero-order valence-corrected chi connectivity index (χ0v) is 28.4. The highest BCUT2D eigenvalue weighted by molar-refractivity contribution is 6.20. The van der Waals surface area contributed by atoms with E-state index >= 15 is 0 Å². The van der Waals surface area contributed by atoms with Gasteiger partial charge in [0.05, 0.1) is 33.4 Å². The van der Waals surface area contributed by atoms with Gasteiger partial charge in [-0.15, -0.1) is 0 Å². The van der Waals surface area contributed by atoms with Crippen molar-refractivity contribution in [2.24, 2.45) is 0 Å². The molecule has 11 rings (SSSR count). The summed E-state index contributed by atoms with van der Waals surface area (Å²) in [5.41, 5.74) is 12.1. The molecule has 0 amide bonds. The number of nitrogens with zero attached hydrogens (tertiary/aromatic N) is 2. The first-order valence-corrected chi connectivity index (χ1v) is 17.9. The van der Waals surface area contributed by atoms with Gasteiger partial charge in [0, 0.05) is 32.3 Å². The molecular formula is C50H32N2. The zero-order chi connectivity index (χ0) is 34.2. The number of rotatable bonds is 4. The molecule has 11 aromatic rings. The van der Waals surface area contributed by atoms with Crippen LogP contribution in [-0.2, 0) is 0 Å². The van der Waals surface area contributed by atoms with Crippen LogP contribution in [0.25, 0.3) is 98.8 Å². The Morgan fingerprint density at radius 3 is 1.00 bits per heavy atom.